The number of nitrogens with zero attached hydrogens (tertiary/aromatic N) is 2. The van der Waals surface area contributed by atoms with E-state index in [9.17, 15) is 0 Å². The van der Waals surface area contributed by atoms with Crippen molar-refractivity contribution in [2.24, 2.45) is 11.7 Å². The molecule has 1 heterocycles. The van der Waals surface area contributed by atoms with Crippen LogP contribution in [0.2, 0.25) is 0 Å². The normalized spacial score (nSPS) is 38.0. The molecule has 2 rings (SSSR count). The second-order valence-corrected chi connectivity index (χ2v) is 5.47. The van der Waals surface area contributed by atoms with E-state index in [1.165, 1.54) is 38.8 Å². The molecule has 0 radical (unpaired) electrons. The van der Waals surface area contributed by atoms with Gasteiger partial charge in [0.05, 0.1) is 0 Å². The molecule has 1 saturated heterocycles. The molecule has 3 nitrogen and oxygen atoms in total. The summed E-state index contributed by atoms with van der Waals surface area (Å²) in [6.45, 7) is 3.46. The highest BCUT2D eigenvalue weighted by molar-refractivity contribution is 4.89. The van der Waals surface area contributed by atoms with Gasteiger partial charge < -0.3 is 10.6 Å². The van der Waals surface area contributed by atoms with Crippen LogP contribution in [0.15, 0.2) is 0 Å². The predicted octanol–water partition coefficient (Wildman–Crippen LogP) is 0.750. The van der Waals surface area contributed by atoms with Crippen LogP contribution >= 0.6 is 0 Å². The minimum atomic E-state index is 0.780. The monoisotopic (exact) mass is 211 g/mol. The molecular formula is C12H25N3. The minimum absolute atomic E-state index is 0.780. The Labute approximate surface area is 93.6 Å². The lowest BCUT2D eigenvalue weighted by molar-refractivity contribution is 0.214. The van der Waals surface area contributed by atoms with E-state index < -0.39 is 0 Å². The minimum Gasteiger partial charge on any atom is -0.330 e. The van der Waals surface area contributed by atoms with Crippen LogP contribution in [0.1, 0.15) is 25.7 Å². The highest BCUT2D eigenvalue weighted by atomic mass is 15.2. The van der Waals surface area contributed by atoms with Crippen LogP contribution in [0.3, 0.4) is 0 Å². The molecule has 0 aromatic rings. The number of nitrogens with two attached hydrogens (primary N) is 1. The molecule has 3 unspecified atom stereocenters. The van der Waals surface area contributed by atoms with E-state index in [4.69, 9.17) is 5.73 Å². The fourth-order valence-corrected chi connectivity index (χ4v) is 3.12. The van der Waals surface area contributed by atoms with Crippen LogP contribution in [0.5, 0.6) is 0 Å². The van der Waals surface area contributed by atoms with Crippen LogP contribution in [-0.2, 0) is 0 Å². The predicted molar refractivity (Wildman–Crippen MR) is 63.8 cm³/mol. The van der Waals surface area contributed by atoms with E-state index in [0.717, 1.165) is 24.5 Å². The quantitative estimate of drug-likeness (QED) is 0.748. The zero-order chi connectivity index (χ0) is 10.8. The van der Waals surface area contributed by atoms with Crippen LogP contribution in [0.4, 0.5) is 0 Å². The molecule has 0 spiro atoms. The molecule has 0 aromatic heterocycles. The first kappa shape index (κ1) is 11.4. The average molecular weight is 211 g/mol. The number of hydrogen-bond donors (Lipinski definition) is 1. The average Bonchev–Trinajstić information content (AvgIpc) is 2.86. The van der Waals surface area contributed by atoms with Gasteiger partial charge in [-0.3, -0.25) is 4.90 Å². The van der Waals surface area contributed by atoms with Gasteiger partial charge in [-0.2, -0.15) is 0 Å². The van der Waals surface area contributed by atoms with Crippen molar-refractivity contribution in [3.63, 3.8) is 0 Å². The first-order valence-electron chi connectivity index (χ1n) is 6.31. The third-order valence-electron chi connectivity index (χ3n) is 4.29. The van der Waals surface area contributed by atoms with E-state index in [0.29, 0.717) is 0 Å². The number of hydrogen-bond acceptors (Lipinski definition) is 3. The lowest BCUT2D eigenvalue weighted by Gasteiger charge is -2.25. The molecule has 2 aliphatic rings. The summed E-state index contributed by atoms with van der Waals surface area (Å²) in [5, 5.41) is 0. The van der Waals surface area contributed by atoms with Crippen molar-refractivity contribution in [1.29, 1.82) is 0 Å². The summed E-state index contributed by atoms with van der Waals surface area (Å²) in [5.41, 5.74) is 5.74. The van der Waals surface area contributed by atoms with Gasteiger partial charge in [0.1, 0.15) is 0 Å². The van der Waals surface area contributed by atoms with Crippen LogP contribution in [0, 0.1) is 5.92 Å². The van der Waals surface area contributed by atoms with Gasteiger partial charge in [-0.05, 0) is 52.2 Å². The van der Waals surface area contributed by atoms with Crippen molar-refractivity contribution in [1.82, 2.24) is 9.80 Å². The fourth-order valence-electron chi connectivity index (χ4n) is 3.12. The summed E-state index contributed by atoms with van der Waals surface area (Å²) in [6, 6.07) is 1.62. The smallest absolute Gasteiger partial charge is 0.0229 e. The molecule has 2 N–H and O–H groups in total. The van der Waals surface area contributed by atoms with Gasteiger partial charge >= 0.3 is 0 Å². The largest absolute Gasteiger partial charge is 0.330 e. The van der Waals surface area contributed by atoms with Gasteiger partial charge in [0.25, 0.3) is 0 Å². The Morgan fingerprint density at radius 2 is 2.07 bits per heavy atom. The molecule has 3 atom stereocenters. The van der Waals surface area contributed by atoms with E-state index >= 15 is 0 Å². The summed E-state index contributed by atoms with van der Waals surface area (Å²) in [6.07, 6.45) is 5.42. The lowest BCUT2D eigenvalue weighted by Crippen LogP contribution is -2.36. The Hall–Kier alpha value is -0.120. The zero-order valence-corrected chi connectivity index (χ0v) is 10.2. The van der Waals surface area contributed by atoms with Gasteiger partial charge in [0, 0.05) is 25.2 Å². The van der Waals surface area contributed by atoms with Gasteiger partial charge in [0.15, 0.2) is 0 Å². The van der Waals surface area contributed by atoms with Gasteiger partial charge in [-0.1, -0.05) is 0 Å². The van der Waals surface area contributed by atoms with Crippen molar-refractivity contribution in [2.45, 2.75) is 37.8 Å². The maximum Gasteiger partial charge on any atom is 0.0229 e. The summed E-state index contributed by atoms with van der Waals surface area (Å²) in [7, 11) is 4.40. The molecule has 3 heteroatoms. The second kappa shape index (κ2) is 4.81. The molecular weight excluding hydrogens is 186 g/mol. The van der Waals surface area contributed by atoms with Crippen molar-refractivity contribution < 1.29 is 0 Å². The molecule has 15 heavy (non-hydrogen) atoms. The maximum absolute atomic E-state index is 5.74. The van der Waals surface area contributed by atoms with Crippen molar-refractivity contribution in [3.8, 4) is 0 Å². The van der Waals surface area contributed by atoms with Crippen LogP contribution in [-0.4, -0.2) is 55.6 Å². The third kappa shape index (κ3) is 2.52. The Balaban J connectivity index is 1.81. The fraction of sp³-hybridized carbons (Fsp3) is 1.00. The molecule has 1 aliphatic heterocycles. The number of rotatable bonds is 3. The summed E-state index contributed by atoms with van der Waals surface area (Å²) in [5.74, 6) is 0.799. The van der Waals surface area contributed by atoms with E-state index in [2.05, 4.69) is 23.9 Å². The van der Waals surface area contributed by atoms with Crippen LogP contribution < -0.4 is 5.73 Å². The van der Waals surface area contributed by atoms with Gasteiger partial charge in [-0.15, -0.1) is 0 Å². The summed E-state index contributed by atoms with van der Waals surface area (Å²) < 4.78 is 0. The van der Waals surface area contributed by atoms with Gasteiger partial charge in [-0.25, -0.2) is 0 Å². The van der Waals surface area contributed by atoms with E-state index in [1.807, 2.05) is 0 Å². The van der Waals surface area contributed by atoms with E-state index in [-0.39, 0.29) is 0 Å². The Kier molecular flexibility index (Phi) is 3.65. The Morgan fingerprint density at radius 3 is 2.60 bits per heavy atom. The lowest BCUT2D eigenvalue weighted by atomic mass is 10.1. The molecule has 88 valence electrons. The number of likely N-dealkylation sites (tertiary alicyclic amines) is 1. The molecule has 1 aliphatic carbocycles. The van der Waals surface area contributed by atoms with Crippen molar-refractivity contribution in [3.05, 3.63) is 0 Å². The molecule has 0 amide bonds. The second-order valence-electron chi connectivity index (χ2n) is 5.47. The molecule has 1 saturated carbocycles. The van der Waals surface area contributed by atoms with E-state index in [1.54, 1.807) is 0 Å². The first-order valence-corrected chi connectivity index (χ1v) is 6.31. The Morgan fingerprint density at radius 1 is 1.27 bits per heavy atom. The summed E-state index contributed by atoms with van der Waals surface area (Å²) >= 11 is 0. The third-order valence-corrected chi connectivity index (χ3v) is 4.29. The standard InChI is InChI=1S/C12H25N3/c1-14(2)12-5-6-15(9-12)11-4-3-10(7-11)8-13/h10-12H,3-9,13H2,1-2H3. The van der Waals surface area contributed by atoms with Crippen molar-refractivity contribution in [2.75, 3.05) is 33.7 Å². The highest BCUT2D eigenvalue weighted by Gasteiger charge is 2.33. The van der Waals surface area contributed by atoms with Gasteiger partial charge in [0.2, 0.25) is 0 Å². The Bertz CT molecular complexity index is 205. The number of likely N-dealkylation sites (N-methyl/N-ethyl adjacent to an activating group) is 1. The van der Waals surface area contributed by atoms with Crippen LogP contribution in [0.25, 0.3) is 0 Å². The first-order chi connectivity index (χ1) is 7.20. The maximum atomic E-state index is 5.74. The SMILES string of the molecule is CN(C)C1CCN(C2CCC(CN)C2)C1. The van der Waals surface area contributed by atoms with Crippen molar-refractivity contribution >= 4 is 0 Å². The topological polar surface area (TPSA) is 32.5 Å². The zero-order valence-electron chi connectivity index (χ0n) is 10.2. The molecule has 0 aromatic carbocycles. The molecule has 0 bridgehead atoms. The highest BCUT2D eigenvalue weighted by Crippen LogP contribution is 2.31. The summed E-state index contributed by atoms with van der Waals surface area (Å²) in [4.78, 5) is 5.07. The molecule has 2 fully saturated rings.